The third-order valence-corrected chi connectivity index (χ3v) is 1.17. The quantitative estimate of drug-likeness (QED) is 0.576. The van der Waals surface area contributed by atoms with E-state index >= 15 is 0 Å². The molecule has 0 aliphatic heterocycles. The molecule has 0 fully saturated rings. The SMILES string of the molecule is CNC(=O)C(Cl)COC. The number of alkyl halides is 1. The molecule has 3 nitrogen and oxygen atoms in total. The van der Waals surface area contributed by atoms with Gasteiger partial charge in [0.2, 0.25) is 5.91 Å². The van der Waals surface area contributed by atoms with Gasteiger partial charge in [-0.3, -0.25) is 4.79 Å². The number of amides is 1. The van der Waals surface area contributed by atoms with Crippen molar-refractivity contribution in [2.24, 2.45) is 0 Å². The molecule has 9 heavy (non-hydrogen) atoms. The lowest BCUT2D eigenvalue weighted by Gasteiger charge is -2.04. The van der Waals surface area contributed by atoms with Crippen LogP contribution in [0.3, 0.4) is 0 Å². The Morgan fingerprint density at radius 2 is 2.44 bits per heavy atom. The number of hydrogen-bond acceptors (Lipinski definition) is 2. The Kier molecular flexibility index (Phi) is 4.44. The Balaban J connectivity index is 3.45. The first-order chi connectivity index (χ1) is 4.22. The number of halogens is 1. The second-order valence-electron chi connectivity index (χ2n) is 1.54. The third-order valence-electron chi connectivity index (χ3n) is 0.844. The molecule has 1 unspecified atom stereocenters. The molecule has 4 heteroatoms. The molecule has 1 atom stereocenters. The van der Waals surface area contributed by atoms with Crippen LogP contribution in [0.25, 0.3) is 0 Å². The molecule has 0 saturated carbocycles. The molecule has 0 aromatic carbocycles. The maximum atomic E-state index is 10.6. The molecule has 0 radical (unpaired) electrons. The van der Waals surface area contributed by atoms with Gasteiger partial charge in [0.25, 0.3) is 0 Å². The molecule has 1 amide bonds. The summed E-state index contributed by atoms with van der Waals surface area (Å²) >= 11 is 5.49. The van der Waals surface area contributed by atoms with Crippen LogP contribution in [0, 0.1) is 0 Å². The smallest absolute Gasteiger partial charge is 0.240 e. The lowest BCUT2D eigenvalue weighted by atomic mass is 10.4. The van der Waals surface area contributed by atoms with Gasteiger partial charge in [0.15, 0.2) is 0 Å². The fourth-order valence-electron chi connectivity index (χ4n) is 0.379. The first-order valence-electron chi connectivity index (χ1n) is 2.57. The summed E-state index contributed by atoms with van der Waals surface area (Å²) in [4.78, 5) is 10.6. The fraction of sp³-hybridized carbons (Fsp3) is 0.800. The lowest BCUT2D eigenvalue weighted by Crippen LogP contribution is -2.30. The predicted molar refractivity (Wildman–Crippen MR) is 35.6 cm³/mol. The summed E-state index contributed by atoms with van der Waals surface area (Å²) in [6.45, 7) is 0.251. The highest BCUT2D eigenvalue weighted by molar-refractivity contribution is 6.30. The van der Waals surface area contributed by atoms with Gasteiger partial charge in [0.05, 0.1) is 6.61 Å². The first-order valence-corrected chi connectivity index (χ1v) is 3.00. The third kappa shape index (κ3) is 3.32. The van der Waals surface area contributed by atoms with Gasteiger partial charge in [-0.2, -0.15) is 0 Å². The standard InChI is InChI=1S/C5H10ClNO2/c1-7-5(8)4(6)3-9-2/h4H,3H2,1-2H3,(H,7,8). The van der Waals surface area contributed by atoms with Gasteiger partial charge in [-0.15, -0.1) is 11.6 Å². The van der Waals surface area contributed by atoms with Crippen molar-refractivity contribution in [2.45, 2.75) is 5.38 Å². The van der Waals surface area contributed by atoms with Gasteiger partial charge in [-0.05, 0) is 0 Å². The van der Waals surface area contributed by atoms with Crippen molar-refractivity contribution < 1.29 is 9.53 Å². The van der Waals surface area contributed by atoms with Crippen LogP contribution in [0.2, 0.25) is 0 Å². The molecular formula is C5H10ClNO2. The molecule has 0 bridgehead atoms. The molecular weight excluding hydrogens is 142 g/mol. The Morgan fingerprint density at radius 1 is 1.89 bits per heavy atom. The van der Waals surface area contributed by atoms with E-state index in [2.05, 4.69) is 10.1 Å². The number of methoxy groups -OCH3 is 1. The zero-order valence-corrected chi connectivity index (χ0v) is 6.23. The highest BCUT2D eigenvalue weighted by atomic mass is 35.5. The molecule has 0 aliphatic carbocycles. The van der Waals surface area contributed by atoms with Crippen molar-refractivity contribution in [1.29, 1.82) is 0 Å². The van der Waals surface area contributed by atoms with E-state index in [0.717, 1.165) is 0 Å². The number of nitrogens with one attached hydrogen (secondary N) is 1. The van der Waals surface area contributed by atoms with Gasteiger partial charge >= 0.3 is 0 Å². The average molecular weight is 152 g/mol. The van der Waals surface area contributed by atoms with Crippen LogP contribution in [0.4, 0.5) is 0 Å². The second-order valence-corrected chi connectivity index (χ2v) is 2.06. The summed E-state index contributed by atoms with van der Waals surface area (Å²) in [5.41, 5.74) is 0. The van der Waals surface area contributed by atoms with E-state index in [1.807, 2.05) is 0 Å². The van der Waals surface area contributed by atoms with Gasteiger partial charge in [0, 0.05) is 14.2 Å². The van der Waals surface area contributed by atoms with Crippen LogP contribution >= 0.6 is 11.6 Å². The highest BCUT2D eigenvalue weighted by Crippen LogP contribution is 1.94. The van der Waals surface area contributed by atoms with Gasteiger partial charge in [-0.25, -0.2) is 0 Å². The van der Waals surface area contributed by atoms with Gasteiger partial charge in [0.1, 0.15) is 5.38 Å². The molecule has 0 heterocycles. The van der Waals surface area contributed by atoms with Gasteiger partial charge < -0.3 is 10.1 Å². The van der Waals surface area contributed by atoms with E-state index in [-0.39, 0.29) is 12.5 Å². The predicted octanol–water partition coefficient (Wildman–Crippen LogP) is -0.0138. The van der Waals surface area contributed by atoms with Gasteiger partial charge in [-0.1, -0.05) is 0 Å². The van der Waals surface area contributed by atoms with Crippen molar-refractivity contribution in [3.05, 3.63) is 0 Å². The molecule has 54 valence electrons. The van der Waals surface area contributed by atoms with Crippen LogP contribution in [0.1, 0.15) is 0 Å². The van der Waals surface area contributed by atoms with E-state index < -0.39 is 5.38 Å². The summed E-state index contributed by atoms with van der Waals surface area (Å²) in [7, 11) is 3.03. The highest BCUT2D eigenvalue weighted by Gasteiger charge is 2.11. The minimum atomic E-state index is -0.569. The monoisotopic (exact) mass is 151 g/mol. The zero-order chi connectivity index (χ0) is 7.28. The van der Waals surface area contributed by atoms with E-state index in [9.17, 15) is 4.79 Å². The minimum absolute atomic E-state index is 0.210. The number of rotatable bonds is 3. The van der Waals surface area contributed by atoms with Crippen molar-refractivity contribution >= 4 is 17.5 Å². The molecule has 1 N–H and O–H groups in total. The van der Waals surface area contributed by atoms with Crippen molar-refractivity contribution in [1.82, 2.24) is 5.32 Å². The summed E-state index contributed by atoms with van der Waals surface area (Å²) in [5.74, 6) is -0.210. The Morgan fingerprint density at radius 3 is 2.78 bits per heavy atom. The van der Waals surface area contributed by atoms with Crippen LogP contribution < -0.4 is 5.32 Å². The number of ether oxygens (including phenoxy) is 1. The van der Waals surface area contributed by atoms with Crippen LogP contribution in [-0.2, 0) is 9.53 Å². The van der Waals surface area contributed by atoms with E-state index in [1.165, 1.54) is 14.2 Å². The van der Waals surface area contributed by atoms with E-state index in [4.69, 9.17) is 11.6 Å². The summed E-state index contributed by atoms with van der Waals surface area (Å²) < 4.78 is 4.63. The Labute approximate surface area is 59.3 Å². The molecule has 0 aliphatic rings. The van der Waals surface area contributed by atoms with Crippen molar-refractivity contribution in [3.63, 3.8) is 0 Å². The second kappa shape index (κ2) is 4.58. The largest absolute Gasteiger partial charge is 0.383 e. The maximum absolute atomic E-state index is 10.6. The zero-order valence-electron chi connectivity index (χ0n) is 5.48. The number of carbonyl (C=O) groups excluding carboxylic acids is 1. The van der Waals surface area contributed by atoms with Crippen molar-refractivity contribution in [2.75, 3.05) is 20.8 Å². The molecule has 0 aromatic heterocycles. The number of carbonyl (C=O) groups is 1. The molecule has 0 rings (SSSR count). The number of hydrogen-bond donors (Lipinski definition) is 1. The average Bonchev–Trinajstić information content (AvgIpc) is 1.87. The molecule has 0 saturated heterocycles. The Bertz CT molecular complexity index is 97.0. The van der Waals surface area contributed by atoms with Crippen LogP contribution in [0.15, 0.2) is 0 Å². The van der Waals surface area contributed by atoms with Crippen LogP contribution in [-0.4, -0.2) is 32.0 Å². The summed E-state index contributed by atoms with van der Waals surface area (Å²) in [6, 6.07) is 0. The molecule has 0 aromatic rings. The maximum Gasteiger partial charge on any atom is 0.240 e. The minimum Gasteiger partial charge on any atom is -0.383 e. The Hall–Kier alpha value is -0.280. The van der Waals surface area contributed by atoms with E-state index in [0.29, 0.717) is 0 Å². The van der Waals surface area contributed by atoms with E-state index in [1.54, 1.807) is 0 Å². The summed E-state index contributed by atoms with van der Waals surface area (Å²) in [5, 5.41) is 1.83. The fourth-order valence-corrected chi connectivity index (χ4v) is 0.614. The summed E-state index contributed by atoms with van der Waals surface area (Å²) in [6.07, 6.45) is 0. The van der Waals surface area contributed by atoms with Crippen LogP contribution in [0.5, 0.6) is 0 Å². The normalized spacial score (nSPS) is 12.8. The molecule has 0 spiro atoms. The van der Waals surface area contributed by atoms with Crippen molar-refractivity contribution in [3.8, 4) is 0 Å². The first kappa shape index (κ1) is 8.72. The topological polar surface area (TPSA) is 38.3 Å². The lowest BCUT2D eigenvalue weighted by molar-refractivity contribution is -0.121.